The highest BCUT2D eigenvalue weighted by atomic mass is 19.4. The molecule has 0 radical (unpaired) electrons. The zero-order valence-electron chi connectivity index (χ0n) is 15.2. The fourth-order valence-corrected chi connectivity index (χ4v) is 3.58. The minimum Gasteiger partial charge on any atom is -0.352 e. The molecular weight excluding hydrogens is 355 g/mol. The number of pyridine rings is 1. The molecule has 0 atom stereocenters. The number of aromatic nitrogens is 1. The lowest BCUT2D eigenvalue weighted by Gasteiger charge is -2.19. The van der Waals surface area contributed by atoms with Gasteiger partial charge < -0.3 is 10.2 Å². The number of fused-ring (bicyclic) bond motifs is 1. The molecule has 1 saturated heterocycles. The lowest BCUT2D eigenvalue weighted by Crippen LogP contribution is -2.31. The normalized spacial score (nSPS) is 16.3. The fourth-order valence-electron chi connectivity index (χ4n) is 3.58. The average Bonchev–Trinajstić information content (AvgIpc) is 2.92. The predicted molar refractivity (Wildman–Crippen MR) is 98.6 cm³/mol. The minimum absolute atomic E-state index is 0.0535. The van der Waals surface area contributed by atoms with E-state index in [1.54, 1.807) is 6.07 Å². The van der Waals surface area contributed by atoms with Crippen LogP contribution in [-0.4, -0.2) is 42.0 Å². The molecule has 1 fully saturated rings. The van der Waals surface area contributed by atoms with Crippen molar-refractivity contribution in [2.75, 3.05) is 26.2 Å². The zero-order valence-corrected chi connectivity index (χ0v) is 15.2. The van der Waals surface area contributed by atoms with Crippen molar-refractivity contribution >= 4 is 16.8 Å². The number of nitrogens with one attached hydrogen (secondary N) is 1. The van der Waals surface area contributed by atoms with Crippen LogP contribution in [0.25, 0.3) is 10.9 Å². The number of halogens is 3. The summed E-state index contributed by atoms with van der Waals surface area (Å²) in [5.74, 6) is -0.726. The molecule has 0 bridgehead atoms. The Morgan fingerprint density at radius 1 is 1.11 bits per heavy atom. The Labute approximate surface area is 156 Å². The summed E-state index contributed by atoms with van der Waals surface area (Å²) in [5, 5.41) is 2.57. The number of likely N-dealkylation sites (tertiary alicyclic amines) is 1. The number of rotatable bonds is 5. The summed E-state index contributed by atoms with van der Waals surface area (Å²) in [6.45, 7) is 3.31. The van der Waals surface area contributed by atoms with E-state index in [1.165, 1.54) is 43.9 Å². The number of alkyl halides is 3. The van der Waals surface area contributed by atoms with E-state index in [2.05, 4.69) is 15.2 Å². The van der Waals surface area contributed by atoms with Crippen LogP contribution < -0.4 is 5.32 Å². The first-order valence-electron chi connectivity index (χ1n) is 9.42. The molecule has 2 aromatic rings. The van der Waals surface area contributed by atoms with Gasteiger partial charge in [-0.1, -0.05) is 31.0 Å². The van der Waals surface area contributed by atoms with Gasteiger partial charge >= 0.3 is 6.18 Å². The Morgan fingerprint density at radius 2 is 1.81 bits per heavy atom. The second-order valence-corrected chi connectivity index (χ2v) is 6.93. The number of nitrogens with zero attached hydrogens (tertiary/aromatic N) is 2. The summed E-state index contributed by atoms with van der Waals surface area (Å²) in [6.07, 6.45) is 1.99. The maximum absolute atomic E-state index is 13.6. The van der Waals surface area contributed by atoms with Crippen molar-refractivity contribution in [3.05, 3.63) is 41.6 Å². The van der Waals surface area contributed by atoms with Crippen LogP contribution in [0, 0.1) is 0 Å². The SMILES string of the molecule is O=C(NCCCN1CCCCCC1)c1cnc2ccccc2c1C(F)(F)F. The van der Waals surface area contributed by atoms with Gasteiger partial charge in [-0.15, -0.1) is 0 Å². The zero-order chi connectivity index (χ0) is 19.3. The van der Waals surface area contributed by atoms with E-state index in [-0.39, 0.29) is 10.9 Å². The van der Waals surface area contributed by atoms with Crippen molar-refractivity contribution in [3.63, 3.8) is 0 Å². The highest BCUT2D eigenvalue weighted by molar-refractivity contribution is 6.00. The van der Waals surface area contributed by atoms with Crippen molar-refractivity contribution < 1.29 is 18.0 Å². The molecule has 1 aliphatic heterocycles. The molecule has 1 N–H and O–H groups in total. The number of amides is 1. The first kappa shape index (κ1) is 19.6. The Balaban J connectivity index is 1.66. The maximum Gasteiger partial charge on any atom is 0.417 e. The second kappa shape index (κ2) is 8.69. The topological polar surface area (TPSA) is 45.2 Å². The van der Waals surface area contributed by atoms with Crippen molar-refractivity contribution in [3.8, 4) is 0 Å². The summed E-state index contributed by atoms with van der Waals surface area (Å²) < 4.78 is 40.8. The number of hydrogen-bond donors (Lipinski definition) is 1. The van der Waals surface area contributed by atoms with Crippen LogP contribution in [0.3, 0.4) is 0 Å². The van der Waals surface area contributed by atoms with Gasteiger partial charge in [0.1, 0.15) is 0 Å². The van der Waals surface area contributed by atoms with Gasteiger partial charge in [0, 0.05) is 18.1 Å². The largest absolute Gasteiger partial charge is 0.417 e. The van der Waals surface area contributed by atoms with E-state index in [9.17, 15) is 18.0 Å². The van der Waals surface area contributed by atoms with Gasteiger partial charge in [0.05, 0.1) is 16.6 Å². The molecule has 27 heavy (non-hydrogen) atoms. The summed E-state index contributed by atoms with van der Waals surface area (Å²) in [5.41, 5.74) is -1.11. The Hall–Kier alpha value is -2.15. The van der Waals surface area contributed by atoms with Crippen molar-refractivity contribution in [1.82, 2.24) is 15.2 Å². The monoisotopic (exact) mass is 379 g/mol. The second-order valence-electron chi connectivity index (χ2n) is 6.93. The van der Waals surface area contributed by atoms with Gasteiger partial charge in [-0.25, -0.2) is 0 Å². The Morgan fingerprint density at radius 3 is 2.52 bits per heavy atom. The number of benzene rings is 1. The fraction of sp³-hybridized carbons (Fsp3) is 0.500. The number of para-hydroxylation sites is 1. The smallest absolute Gasteiger partial charge is 0.352 e. The summed E-state index contributed by atoms with van der Waals surface area (Å²) >= 11 is 0. The summed E-state index contributed by atoms with van der Waals surface area (Å²) in [6, 6.07) is 5.99. The molecule has 0 unspecified atom stereocenters. The van der Waals surface area contributed by atoms with Gasteiger partial charge in [0.2, 0.25) is 0 Å². The Kier molecular flexibility index (Phi) is 6.31. The quantitative estimate of drug-likeness (QED) is 0.790. The lowest BCUT2D eigenvalue weighted by atomic mass is 10.0. The first-order valence-corrected chi connectivity index (χ1v) is 9.42. The number of hydrogen-bond acceptors (Lipinski definition) is 3. The van der Waals surface area contributed by atoms with Crippen molar-refractivity contribution in [2.45, 2.75) is 38.3 Å². The first-order chi connectivity index (χ1) is 13.0. The maximum atomic E-state index is 13.6. The molecule has 1 aromatic carbocycles. The van der Waals surface area contributed by atoms with Crippen LogP contribution in [0.15, 0.2) is 30.5 Å². The molecule has 3 rings (SSSR count). The molecule has 4 nitrogen and oxygen atoms in total. The molecule has 0 aliphatic carbocycles. The summed E-state index contributed by atoms with van der Waals surface area (Å²) in [4.78, 5) is 18.8. The van der Waals surface area contributed by atoms with Gasteiger partial charge in [-0.2, -0.15) is 13.2 Å². The van der Waals surface area contributed by atoms with E-state index >= 15 is 0 Å². The van der Waals surface area contributed by atoms with Gasteiger partial charge in [-0.3, -0.25) is 9.78 Å². The van der Waals surface area contributed by atoms with Crippen LogP contribution >= 0.6 is 0 Å². The Bertz CT molecular complexity index is 784. The molecule has 7 heteroatoms. The van der Waals surface area contributed by atoms with Gasteiger partial charge in [0.25, 0.3) is 5.91 Å². The molecule has 1 aliphatic rings. The molecule has 0 saturated carbocycles. The average molecular weight is 379 g/mol. The number of carbonyl (C=O) groups is 1. The van der Waals surface area contributed by atoms with E-state index < -0.39 is 23.2 Å². The van der Waals surface area contributed by atoms with Gasteiger partial charge in [-0.05, 0) is 45.0 Å². The summed E-state index contributed by atoms with van der Waals surface area (Å²) in [7, 11) is 0. The third kappa shape index (κ3) is 4.97. The molecule has 1 aromatic heterocycles. The van der Waals surface area contributed by atoms with Crippen LogP contribution in [0.4, 0.5) is 13.2 Å². The molecule has 2 heterocycles. The van der Waals surface area contributed by atoms with Crippen LogP contribution in [0.2, 0.25) is 0 Å². The van der Waals surface area contributed by atoms with Crippen molar-refractivity contribution in [1.29, 1.82) is 0 Å². The van der Waals surface area contributed by atoms with E-state index in [0.29, 0.717) is 13.0 Å². The molecule has 146 valence electrons. The van der Waals surface area contributed by atoms with E-state index in [0.717, 1.165) is 25.8 Å². The third-order valence-corrected chi connectivity index (χ3v) is 4.94. The van der Waals surface area contributed by atoms with E-state index in [4.69, 9.17) is 0 Å². The van der Waals surface area contributed by atoms with E-state index in [1.807, 2.05) is 0 Å². The standard InChI is InChI=1S/C20H24F3N3O/c21-20(22,23)18-15-8-3-4-9-17(15)25-14-16(18)19(27)24-10-7-13-26-11-5-1-2-6-12-26/h3-4,8-9,14H,1-2,5-7,10-13H2,(H,24,27). The number of carbonyl (C=O) groups excluding carboxylic acids is 1. The molecular formula is C20H24F3N3O. The highest BCUT2D eigenvalue weighted by Gasteiger charge is 2.37. The lowest BCUT2D eigenvalue weighted by molar-refractivity contribution is -0.136. The van der Waals surface area contributed by atoms with Crippen molar-refractivity contribution in [2.24, 2.45) is 0 Å². The highest BCUT2D eigenvalue weighted by Crippen LogP contribution is 2.36. The minimum atomic E-state index is -4.62. The van der Waals surface area contributed by atoms with Crippen LogP contribution in [-0.2, 0) is 6.18 Å². The van der Waals surface area contributed by atoms with Crippen LogP contribution in [0.1, 0.15) is 48.0 Å². The third-order valence-electron chi connectivity index (χ3n) is 4.94. The molecule has 0 spiro atoms. The molecule has 1 amide bonds. The van der Waals surface area contributed by atoms with Crippen LogP contribution in [0.5, 0.6) is 0 Å². The predicted octanol–water partition coefficient (Wildman–Crippen LogP) is 4.25. The van der Waals surface area contributed by atoms with Gasteiger partial charge in [0.15, 0.2) is 0 Å².